The Morgan fingerprint density at radius 1 is 1.19 bits per heavy atom. The minimum Gasteiger partial charge on any atom is -0.376 e. The van der Waals surface area contributed by atoms with E-state index in [1.165, 1.54) is 16.2 Å². The molecule has 2 aromatic carbocycles. The summed E-state index contributed by atoms with van der Waals surface area (Å²) in [6.45, 7) is 5.05. The summed E-state index contributed by atoms with van der Waals surface area (Å²) in [7, 11) is -3.62. The van der Waals surface area contributed by atoms with Crippen molar-refractivity contribution < 1.29 is 17.9 Å². The van der Waals surface area contributed by atoms with E-state index in [1.54, 1.807) is 24.3 Å². The summed E-state index contributed by atoms with van der Waals surface area (Å²) in [6.07, 6.45) is 1.69. The third-order valence-corrected chi connectivity index (χ3v) is 8.01. The van der Waals surface area contributed by atoms with E-state index in [1.807, 2.05) is 26.0 Å². The molecule has 1 atom stereocenters. The number of nitrogens with zero attached hydrogens (tertiary/aromatic N) is 2. The number of rotatable bonds is 7. The number of fused-ring (bicyclic) bond motifs is 1. The molecule has 0 bridgehead atoms. The molecule has 1 amide bonds. The van der Waals surface area contributed by atoms with Gasteiger partial charge in [-0.2, -0.15) is 0 Å². The van der Waals surface area contributed by atoms with Crippen LogP contribution in [0.4, 0.5) is 5.13 Å². The molecule has 1 aliphatic heterocycles. The standard InChI is InChI=1S/C23H26N2O4S2/c1-16-11-20-21(12-17(16)2)30-23(24-20)25(13-19-9-6-10-29-19)22(26)15-31(27,28)14-18-7-4-3-5-8-18/h3-5,7-8,11-12,19H,6,9-10,13-15H2,1-2H3. The van der Waals surface area contributed by atoms with Crippen molar-refractivity contribution >= 4 is 42.4 Å². The molecule has 3 aromatic rings. The number of carbonyl (C=O) groups excluding carboxylic acids is 1. The second-order valence-corrected chi connectivity index (χ2v) is 11.1. The Morgan fingerprint density at radius 2 is 1.94 bits per heavy atom. The number of carbonyl (C=O) groups is 1. The van der Waals surface area contributed by atoms with Crippen LogP contribution < -0.4 is 4.90 Å². The summed E-state index contributed by atoms with van der Waals surface area (Å²) >= 11 is 1.41. The Hall–Kier alpha value is -2.29. The second-order valence-electron chi connectivity index (χ2n) is 8.06. The van der Waals surface area contributed by atoms with Crippen molar-refractivity contribution in [3.05, 3.63) is 59.2 Å². The van der Waals surface area contributed by atoms with Crippen molar-refractivity contribution in [3.8, 4) is 0 Å². The maximum absolute atomic E-state index is 13.2. The van der Waals surface area contributed by atoms with E-state index in [0.29, 0.717) is 23.8 Å². The largest absolute Gasteiger partial charge is 0.376 e. The average molecular weight is 459 g/mol. The summed E-state index contributed by atoms with van der Waals surface area (Å²) in [5, 5.41) is 0.524. The summed E-state index contributed by atoms with van der Waals surface area (Å²) in [4.78, 5) is 19.4. The van der Waals surface area contributed by atoms with Gasteiger partial charge in [-0.1, -0.05) is 41.7 Å². The van der Waals surface area contributed by atoms with Crippen LogP contribution in [0, 0.1) is 13.8 Å². The van der Waals surface area contributed by atoms with E-state index < -0.39 is 21.5 Å². The first kappa shape index (κ1) is 21.9. The van der Waals surface area contributed by atoms with Crippen LogP contribution in [0.3, 0.4) is 0 Å². The second kappa shape index (κ2) is 9.06. The van der Waals surface area contributed by atoms with Crippen LogP contribution in [0.25, 0.3) is 10.2 Å². The molecule has 6 nitrogen and oxygen atoms in total. The molecule has 0 radical (unpaired) electrons. The lowest BCUT2D eigenvalue weighted by molar-refractivity contribution is -0.116. The number of ether oxygens (including phenoxy) is 1. The predicted octanol–water partition coefficient (Wildman–Crippen LogP) is 4.04. The van der Waals surface area contributed by atoms with Crippen molar-refractivity contribution in [2.24, 2.45) is 0 Å². The first-order valence-corrected chi connectivity index (χ1v) is 13.0. The zero-order valence-corrected chi connectivity index (χ0v) is 19.3. The molecule has 4 rings (SSSR count). The molecule has 0 spiro atoms. The third kappa shape index (κ3) is 5.31. The quantitative estimate of drug-likeness (QED) is 0.534. The van der Waals surface area contributed by atoms with Crippen LogP contribution in [-0.4, -0.2) is 44.3 Å². The van der Waals surface area contributed by atoms with Crippen LogP contribution in [0.1, 0.15) is 29.5 Å². The van der Waals surface area contributed by atoms with Gasteiger partial charge < -0.3 is 4.74 Å². The van der Waals surface area contributed by atoms with Crippen LogP contribution in [-0.2, 0) is 25.1 Å². The molecule has 8 heteroatoms. The van der Waals surface area contributed by atoms with Crippen molar-refractivity contribution in [1.82, 2.24) is 4.98 Å². The van der Waals surface area contributed by atoms with Gasteiger partial charge in [0.2, 0.25) is 5.91 Å². The molecule has 1 aromatic heterocycles. The molecule has 1 unspecified atom stereocenters. The van der Waals surface area contributed by atoms with Gasteiger partial charge in [-0.05, 0) is 55.5 Å². The number of amides is 1. The highest BCUT2D eigenvalue weighted by atomic mass is 32.2. The molecule has 1 fully saturated rings. The molecule has 1 aliphatic rings. The average Bonchev–Trinajstić information content (AvgIpc) is 3.36. The van der Waals surface area contributed by atoms with E-state index in [0.717, 1.165) is 34.2 Å². The lowest BCUT2D eigenvalue weighted by Gasteiger charge is -2.23. The summed E-state index contributed by atoms with van der Waals surface area (Å²) in [5.41, 5.74) is 3.78. The summed E-state index contributed by atoms with van der Waals surface area (Å²) in [6, 6.07) is 13.0. The van der Waals surface area contributed by atoms with Crippen LogP contribution in [0.5, 0.6) is 0 Å². The van der Waals surface area contributed by atoms with Gasteiger partial charge in [-0.15, -0.1) is 0 Å². The van der Waals surface area contributed by atoms with Gasteiger partial charge in [0.25, 0.3) is 0 Å². The summed E-state index contributed by atoms with van der Waals surface area (Å²) in [5.74, 6) is -1.17. The number of aromatic nitrogens is 1. The van der Waals surface area contributed by atoms with Gasteiger partial charge in [-0.3, -0.25) is 9.69 Å². The minimum absolute atomic E-state index is 0.101. The lowest BCUT2D eigenvalue weighted by atomic mass is 10.1. The van der Waals surface area contributed by atoms with Gasteiger partial charge in [0.05, 0.1) is 28.6 Å². The topological polar surface area (TPSA) is 76.6 Å². The number of anilines is 1. The number of hydrogen-bond acceptors (Lipinski definition) is 6. The van der Waals surface area contributed by atoms with Crippen molar-refractivity contribution in [1.29, 1.82) is 0 Å². The molecular formula is C23H26N2O4S2. The zero-order chi connectivity index (χ0) is 22.0. The van der Waals surface area contributed by atoms with Crippen molar-refractivity contribution in [2.75, 3.05) is 23.8 Å². The van der Waals surface area contributed by atoms with Gasteiger partial charge in [0.15, 0.2) is 15.0 Å². The number of sulfone groups is 1. The Morgan fingerprint density at radius 3 is 2.65 bits per heavy atom. The number of aryl methyl sites for hydroxylation is 2. The normalized spacial score (nSPS) is 16.6. The van der Waals surface area contributed by atoms with Crippen molar-refractivity contribution in [3.63, 3.8) is 0 Å². The highest BCUT2D eigenvalue weighted by Crippen LogP contribution is 2.32. The Balaban J connectivity index is 1.60. The highest BCUT2D eigenvalue weighted by Gasteiger charge is 2.29. The fourth-order valence-electron chi connectivity index (χ4n) is 3.71. The van der Waals surface area contributed by atoms with E-state index in [9.17, 15) is 13.2 Å². The van der Waals surface area contributed by atoms with Crippen LogP contribution in [0.2, 0.25) is 0 Å². The van der Waals surface area contributed by atoms with E-state index in [2.05, 4.69) is 11.1 Å². The first-order valence-electron chi connectivity index (χ1n) is 10.3. The van der Waals surface area contributed by atoms with E-state index in [-0.39, 0.29) is 11.9 Å². The SMILES string of the molecule is Cc1cc2nc(N(CC3CCCO3)C(=O)CS(=O)(=O)Cc3ccccc3)sc2cc1C. The molecule has 31 heavy (non-hydrogen) atoms. The number of benzene rings is 2. The van der Waals surface area contributed by atoms with E-state index in [4.69, 9.17) is 4.74 Å². The molecule has 164 valence electrons. The smallest absolute Gasteiger partial charge is 0.244 e. The van der Waals surface area contributed by atoms with Crippen LogP contribution >= 0.6 is 11.3 Å². The zero-order valence-electron chi connectivity index (χ0n) is 17.7. The predicted molar refractivity (Wildman–Crippen MR) is 124 cm³/mol. The maximum atomic E-state index is 13.2. The monoisotopic (exact) mass is 458 g/mol. The van der Waals surface area contributed by atoms with E-state index >= 15 is 0 Å². The van der Waals surface area contributed by atoms with Crippen LogP contribution in [0.15, 0.2) is 42.5 Å². The molecule has 0 aliphatic carbocycles. The van der Waals surface area contributed by atoms with Gasteiger partial charge >= 0.3 is 0 Å². The van der Waals surface area contributed by atoms with Gasteiger partial charge in [0.1, 0.15) is 5.75 Å². The fourth-order valence-corrected chi connectivity index (χ4v) is 6.11. The molecule has 2 heterocycles. The fraction of sp³-hybridized carbons (Fsp3) is 0.391. The first-order chi connectivity index (χ1) is 14.8. The summed E-state index contributed by atoms with van der Waals surface area (Å²) < 4.78 is 32.2. The minimum atomic E-state index is -3.62. The van der Waals surface area contributed by atoms with Gasteiger partial charge in [0, 0.05) is 6.61 Å². The lowest BCUT2D eigenvalue weighted by Crippen LogP contribution is -2.41. The Bertz CT molecular complexity index is 1140. The maximum Gasteiger partial charge on any atom is 0.244 e. The molecular weight excluding hydrogens is 432 g/mol. The highest BCUT2D eigenvalue weighted by molar-refractivity contribution is 7.91. The molecule has 0 N–H and O–H groups in total. The number of hydrogen-bond donors (Lipinski definition) is 0. The van der Waals surface area contributed by atoms with Crippen molar-refractivity contribution in [2.45, 2.75) is 38.5 Å². The molecule has 0 saturated carbocycles. The van der Waals surface area contributed by atoms with Gasteiger partial charge in [-0.25, -0.2) is 13.4 Å². The number of thiazole rings is 1. The Labute approximate surface area is 186 Å². The third-order valence-electron chi connectivity index (χ3n) is 5.51. The molecule has 1 saturated heterocycles. The Kier molecular flexibility index (Phi) is 6.41.